The summed E-state index contributed by atoms with van der Waals surface area (Å²) >= 11 is 4.28. The van der Waals surface area contributed by atoms with E-state index in [2.05, 4.69) is 22.0 Å². The molecule has 23 heavy (non-hydrogen) atoms. The number of nitrogens with zero attached hydrogens (tertiary/aromatic N) is 1. The lowest BCUT2D eigenvalue weighted by molar-refractivity contribution is -0.139. The molecule has 3 atom stereocenters. The predicted octanol–water partition coefficient (Wildman–Crippen LogP) is 5.66. The minimum absolute atomic E-state index is 0.00184. The summed E-state index contributed by atoms with van der Waals surface area (Å²) in [5.41, 5.74) is -0.640. The van der Waals surface area contributed by atoms with Gasteiger partial charge in [-0.05, 0) is 44.9 Å². The summed E-state index contributed by atoms with van der Waals surface area (Å²) in [6, 6.07) is 6.41. The van der Waals surface area contributed by atoms with Crippen molar-refractivity contribution in [3.8, 4) is 6.07 Å². The van der Waals surface area contributed by atoms with Gasteiger partial charge in [0.2, 0.25) is 0 Å². The van der Waals surface area contributed by atoms with Crippen molar-refractivity contribution < 1.29 is 17.9 Å². The van der Waals surface area contributed by atoms with Crippen LogP contribution in [0.4, 0.5) is 13.2 Å². The zero-order chi connectivity index (χ0) is 17.2. The second-order valence-corrected chi connectivity index (χ2v) is 8.07. The Morgan fingerprint density at radius 1 is 1.35 bits per heavy atom. The molecular formula is C16H17BrF3NOS. The lowest BCUT2D eigenvalue weighted by Crippen LogP contribution is -2.21. The number of hydrogen-bond donors (Lipinski definition) is 0. The normalized spacial score (nSPS) is 24.9. The molecule has 7 heteroatoms. The Kier molecular flexibility index (Phi) is 6.04. The molecule has 1 aromatic rings. The molecule has 2 rings (SSSR count). The van der Waals surface area contributed by atoms with Gasteiger partial charge in [-0.1, -0.05) is 15.9 Å². The van der Waals surface area contributed by atoms with Crippen molar-refractivity contribution in [1.82, 2.24) is 0 Å². The number of thioether (sulfide) groups is 1. The van der Waals surface area contributed by atoms with Crippen LogP contribution in [0.5, 0.6) is 0 Å². The summed E-state index contributed by atoms with van der Waals surface area (Å²) in [4.78, 5) is 0.201. The summed E-state index contributed by atoms with van der Waals surface area (Å²) in [6.07, 6.45) is -3.46. The van der Waals surface area contributed by atoms with Crippen molar-refractivity contribution in [2.75, 3.05) is 0 Å². The number of alkyl halides is 3. The molecular weight excluding hydrogens is 391 g/mol. The molecule has 1 saturated carbocycles. The van der Waals surface area contributed by atoms with Crippen LogP contribution in [0.15, 0.2) is 27.6 Å². The van der Waals surface area contributed by atoms with Gasteiger partial charge < -0.3 is 4.74 Å². The van der Waals surface area contributed by atoms with E-state index in [1.807, 2.05) is 13.8 Å². The fourth-order valence-electron chi connectivity index (χ4n) is 2.69. The van der Waals surface area contributed by atoms with Gasteiger partial charge in [-0.25, -0.2) is 0 Å². The topological polar surface area (TPSA) is 33.0 Å². The van der Waals surface area contributed by atoms with E-state index in [1.54, 1.807) is 6.07 Å². The van der Waals surface area contributed by atoms with Crippen molar-refractivity contribution in [3.63, 3.8) is 0 Å². The zero-order valence-electron chi connectivity index (χ0n) is 12.7. The fourth-order valence-corrected chi connectivity index (χ4v) is 4.45. The first-order valence-electron chi connectivity index (χ1n) is 7.29. The number of benzene rings is 1. The quantitative estimate of drug-likeness (QED) is 0.645. The second-order valence-electron chi connectivity index (χ2n) is 5.81. The van der Waals surface area contributed by atoms with Crippen LogP contribution in [-0.4, -0.2) is 17.5 Å². The Balaban J connectivity index is 2.16. The van der Waals surface area contributed by atoms with E-state index in [9.17, 15) is 18.4 Å². The van der Waals surface area contributed by atoms with Crippen molar-refractivity contribution in [3.05, 3.63) is 28.2 Å². The smallest absolute Gasteiger partial charge is 0.374 e. The van der Waals surface area contributed by atoms with Crippen molar-refractivity contribution in [1.29, 1.82) is 5.26 Å². The van der Waals surface area contributed by atoms with Gasteiger partial charge in [0.15, 0.2) is 0 Å². The molecule has 0 N–H and O–H groups in total. The van der Waals surface area contributed by atoms with E-state index in [0.717, 1.165) is 6.07 Å². The van der Waals surface area contributed by atoms with Crippen LogP contribution >= 0.6 is 27.7 Å². The maximum absolute atomic E-state index is 13.2. The van der Waals surface area contributed by atoms with Gasteiger partial charge in [-0.15, -0.1) is 11.8 Å². The van der Waals surface area contributed by atoms with Gasteiger partial charge >= 0.3 is 6.18 Å². The van der Waals surface area contributed by atoms with E-state index in [-0.39, 0.29) is 28.3 Å². The van der Waals surface area contributed by atoms with Crippen molar-refractivity contribution in [2.24, 2.45) is 5.92 Å². The molecule has 0 aliphatic heterocycles. The molecule has 0 aromatic heterocycles. The van der Waals surface area contributed by atoms with Crippen LogP contribution < -0.4 is 0 Å². The Labute approximate surface area is 146 Å². The van der Waals surface area contributed by atoms with Crippen LogP contribution in [-0.2, 0) is 10.9 Å². The van der Waals surface area contributed by atoms with Gasteiger partial charge in [-0.3, -0.25) is 0 Å². The monoisotopic (exact) mass is 407 g/mol. The number of nitriles is 1. The average Bonchev–Trinajstić information content (AvgIpc) is 2.80. The maximum Gasteiger partial charge on any atom is 0.417 e. The Morgan fingerprint density at radius 2 is 2.04 bits per heavy atom. The third-order valence-corrected chi connectivity index (χ3v) is 5.44. The molecule has 1 fully saturated rings. The lowest BCUT2D eigenvalue weighted by atomic mass is 10.1. The molecule has 1 aromatic carbocycles. The molecule has 1 aliphatic rings. The number of hydrogen-bond acceptors (Lipinski definition) is 3. The summed E-state index contributed by atoms with van der Waals surface area (Å²) in [6.45, 7) is 3.79. The first-order valence-corrected chi connectivity index (χ1v) is 8.96. The van der Waals surface area contributed by atoms with Gasteiger partial charge in [-0.2, -0.15) is 18.4 Å². The minimum atomic E-state index is -4.40. The molecule has 126 valence electrons. The summed E-state index contributed by atoms with van der Waals surface area (Å²) in [5.74, 6) is -0.264. The summed E-state index contributed by atoms with van der Waals surface area (Å²) in [5, 5.41) is 9.18. The highest BCUT2D eigenvalue weighted by Gasteiger charge is 2.39. The number of rotatable bonds is 4. The van der Waals surface area contributed by atoms with E-state index >= 15 is 0 Å². The highest BCUT2D eigenvalue weighted by molar-refractivity contribution is 9.10. The van der Waals surface area contributed by atoms with E-state index in [0.29, 0.717) is 17.3 Å². The largest absolute Gasteiger partial charge is 0.417 e. The van der Waals surface area contributed by atoms with Gasteiger partial charge in [0.25, 0.3) is 0 Å². The Morgan fingerprint density at radius 3 is 2.61 bits per heavy atom. The average molecular weight is 408 g/mol. The molecule has 1 unspecified atom stereocenters. The third kappa shape index (κ3) is 4.88. The molecule has 0 bridgehead atoms. The Bertz CT molecular complexity index is 600. The molecule has 0 heterocycles. The van der Waals surface area contributed by atoms with E-state index < -0.39 is 11.7 Å². The predicted molar refractivity (Wildman–Crippen MR) is 87.1 cm³/mol. The summed E-state index contributed by atoms with van der Waals surface area (Å²) in [7, 11) is 0. The SMILES string of the molecule is CC(C)O[C@@H]1C[C@H](Sc2ccc(Br)cc2C(F)(F)F)CC1C#N. The van der Waals surface area contributed by atoms with E-state index in [1.165, 1.54) is 17.8 Å². The van der Waals surface area contributed by atoms with Crippen molar-refractivity contribution in [2.45, 2.75) is 55.2 Å². The van der Waals surface area contributed by atoms with Crippen LogP contribution in [0.2, 0.25) is 0 Å². The van der Waals surface area contributed by atoms with Crippen LogP contribution in [0, 0.1) is 17.2 Å². The number of halogens is 4. The van der Waals surface area contributed by atoms with Gasteiger partial charge in [0.1, 0.15) is 0 Å². The first-order chi connectivity index (χ1) is 10.7. The first kappa shape index (κ1) is 18.6. The molecule has 0 radical (unpaired) electrons. The maximum atomic E-state index is 13.2. The zero-order valence-corrected chi connectivity index (χ0v) is 15.1. The number of ether oxygens (including phenoxy) is 1. The minimum Gasteiger partial charge on any atom is -0.374 e. The Hall–Kier alpha value is -0.710. The third-order valence-electron chi connectivity index (χ3n) is 3.61. The fraction of sp³-hybridized carbons (Fsp3) is 0.562. The van der Waals surface area contributed by atoms with Gasteiger partial charge in [0.05, 0.1) is 29.8 Å². The highest BCUT2D eigenvalue weighted by Crippen LogP contribution is 2.44. The standard InChI is InChI=1S/C16H17BrF3NOS/c1-9(2)22-14-7-12(5-10(14)8-21)23-15-4-3-11(17)6-13(15)16(18,19)20/h3-4,6,9-10,12,14H,5,7H2,1-2H3/t10?,12-,14-/m1/s1. The second kappa shape index (κ2) is 7.45. The molecule has 0 spiro atoms. The molecule has 0 amide bonds. The van der Waals surface area contributed by atoms with Crippen LogP contribution in [0.3, 0.4) is 0 Å². The summed E-state index contributed by atoms with van der Waals surface area (Å²) < 4.78 is 45.7. The van der Waals surface area contributed by atoms with Crippen LogP contribution in [0.1, 0.15) is 32.3 Å². The van der Waals surface area contributed by atoms with Crippen molar-refractivity contribution >= 4 is 27.7 Å². The van der Waals surface area contributed by atoms with Crippen LogP contribution in [0.25, 0.3) is 0 Å². The molecule has 0 saturated heterocycles. The van der Waals surface area contributed by atoms with Gasteiger partial charge in [0, 0.05) is 14.6 Å². The highest BCUT2D eigenvalue weighted by atomic mass is 79.9. The van der Waals surface area contributed by atoms with E-state index in [4.69, 9.17) is 4.74 Å². The molecule has 2 nitrogen and oxygen atoms in total. The lowest BCUT2D eigenvalue weighted by Gasteiger charge is -2.18. The molecule has 1 aliphatic carbocycles.